The fourth-order valence-electron chi connectivity index (χ4n) is 2.72. The number of aryl methyl sites for hydroxylation is 1. The number of aromatic nitrogens is 2. The first-order chi connectivity index (χ1) is 12.4. The molecule has 142 valence electrons. The maximum absolute atomic E-state index is 5.98. The van der Waals surface area contributed by atoms with E-state index in [1.165, 1.54) is 0 Å². The van der Waals surface area contributed by atoms with E-state index < -0.39 is 0 Å². The van der Waals surface area contributed by atoms with E-state index in [1.807, 2.05) is 48.4 Å². The van der Waals surface area contributed by atoms with Crippen LogP contribution in [0, 0.1) is 0 Å². The van der Waals surface area contributed by atoms with Crippen molar-refractivity contribution in [1.29, 1.82) is 0 Å². The highest BCUT2D eigenvalue weighted by molar-refractivity contribution is 6.30. The molecule has 0 spiro atoms. The summed E-state index contributed by atoms with van der Waals surface area (Å²) in [4.78, 5) is 6.95. The van der Waals surface area contributed by atoms with Gasteiger partial charge < -0.3 is 15.5 Å². The summed E-state index contributed by atoms with van der Waals surface area (Å²) < 4.78 is 1.82. The minimum absolute atomic E-state index is 0.126. The first-order valence-corrected chi connectivity index (χ1v) is 9.23. The van der Waals surface area contributed by atoms with Gasteiger partial charge in [0.25, 0.3) is 0 Å². The fraction of sp³-hybridized carbons (Fsp3) is 0.474. The van der Waals surface area contributed by atoms with Crippen LogP contribution in [0.5, 0.6) is 0 Å². The van der Waals surface area contributed by atoms with E-state index in [9.17, 15) is 0 Å². The lowest BCUT2D eigenvalue weighted by molar-refractivity contribution is 0.306. The maximum Gasteiger partial charge on any atom is 0.191 e. The summed E-state index contributed by atoms with van der Waals surface area (Å²) in [5, 5.41) is 11.8. The molecule has 2 atom stereocenters. The highest BCUT2D eigenvalue weighted by Crippen LogP contribution is 2.18. The van der Waals surface area contributed by atoms with Crippen LogP contribution in [0.15, 0.2) is 41.7 Å². The average molecular weight is 377 g/mol. The van der Waals surface area contributed by atoms with Gasteiger partial charge in [-0.15, -0.1) is 0 Å². The lowest BCUT2D eigenvalue weighted by atomic mass is 10.1. The molecule has 1 aromatic heterocycles. The topological polar surface area (TPSA) is 57.5 Å². The summed E-state index contributed by atoms with van der Waals surface area (Å²) in [6.07, 6.45) is 3.94. The second kappa shape index (κ2) is 9.59. The Balaban J connectivity index is 2.10. The van der Waals surface area contributed by atoms with Gasteiger partial charge in [0, 0.05) is 30.4 Å². The number of hydrogen-bond acceptors (Lipinski definition) is 3. The third-order valence-electron chi connectivity index (χ3n) is 4.22. The molecular formula is C19H29ClN6. The first kappa shape index (κ1) is 20.3. The van der Waals surface area contributed by atoms with Crippen LogP contribution in [0.4, 0.5) is 0 Å². The van der Waals surface area contributed by atoms with Crippen LogP contribution in [0.2, 0.25) is 5.02 Å². The second-order valence-electron chi connectivity index (χ2n) is 6.56. The highest BCUT2D eigenvalue weighted by Gasteiger charge is 2.16. The van der Waals surface area contributed by atoms with Crippen LogP contribution in [0.25, 0.3) is 0 Å². The molecule has 2 N–H and O–H groups in total. The normalized spacial score (nSPS) is 14.3. The van der Waals surface area contributed by atoms with E-state index in [4.69, 9.17) is 16.6 Å². The van der Waals surface area contributed by atoms with Gasteiger partial charge in [-0.1, -0.05) is 23.7 Å². The molecule has 6 nitrogen and oxygen atoms in total. The average Bonchev–Trinajstić information content (AvgIpc) is 3.01. The summed E-state index contributed by atoms with van der Waals surface area (Å²) in [5.74, 6) is 0.797. The van der Waals surface area contributed by atoms with Gasteiger partial charge in [0.15, 0.2) is 5.96 Å². The van der Waals surface area contributed by atoms with Gasteiger partial charge in [-0.05, 0) is 45.6 Å². The Bertz CT molecular complexity index is 707. The third-order valence-corrected chi connectivity index (χ3v) is 4.47. The molecule has 0 amide bonds. The van der Waals surface area contributed by atoms with Crippen LogP contribution in [0.1, 0.15) is 37.1 Å². The quantitative estimate of drug-likeness (QED) is 0.576. The van der Waals surface area contributed by atoms with Crippen LogP contribution in [-0.4, -0.2) is 47.8 Å². The van der Waals surface area contributed by atoms with Crippen LogP contribution in [-0.2, 0) is 7.05 Å². The van der Waals surface area contributed by atoms with Crippen LogP contribution < -0.4 is 10.6 Å². The van der Waals surface area contributed by atoms with Gasteiger partial charge in [-0.3, -0.25) is 9.67 Å². The van der Waals surface area contributed by atoms with Gasteiger partial charge >= 0.3 is 0 Å². The summed E-state index contributed by atoms with van der Waals surface area (Å²) in [6.45, 7) is 5.62. The molecule has 2 rings (SSSR count). The molecule has 2 unspecified atom stereocenters. The Morgan fingerprint density at radius 1 is 1.27 bits per heavy atom. The van der Waals surface area contributed by atoms with E-state index >= 15 is 0 Å². The van der Waals surface area contributed by atoms with Crippen molar-refractivity contribution in [2.24, 2.45) is 12.0 Å². The monoisotopic (exact) mass is 376 g/mol. The molecule has 26 heavy (non-hydrogen) atoms. The summed E-state index contributed by atoms with van der Waals surface area (Å²) in [6, 6.07) is 8.17. The molecule has 0 aliphatic carbocycles. The molecule has 0 bridgehead atoms. The van der Waals surface area contributed by atoms with Crippen molar-refractivity contribution in [1.82, 2.24) is 25.3 Å². The number of aliphatic imine (C=N–C) groups is 1. The maximum atomic E-state index is 5.98. The third kappa shape index (κ3) is 5.75. The predicted molar refractivity (Wildman–Crippen MR) is 109 cm³/mol. The van der Waals surface area contributed by atoms with E-state index in [0.29, 0.717) is 6.54 Å². The lowest BCUT2D eigenvalue weighted by Crippen LogP contribution is -2.39. The van der Waals surface area contributed by atoms with Crippen molar-refractivity contribution in [2.75, 3.05) is 27.2 Å². The SMILES string of the molecule is CCNC(=NCC(c1cnn(C)c1)N(C)C)NC(C)c1ccc(Cl)cc1. The molecule has 2 aromatic rings. The number of nitrogens with one attached hydrogen (secondary N) is 2. The summed E-state index contributed by atoms with van der Waals surface area (Å²) >= 11 is 5.98. The molecular weight excluding hydrogens is 348 g/mol. The second-order valence-corrected chi connectivity index (χ2v) is 7.00. The number of halogens is 1. The number of benzene rings is 1. The fourth-order valence-corrected chi connectivity index (χ4v) is 2.84. The number of rotatable bonds is 7. The Hall–Kier alpha value is -2.05. The van der Waals surface area contributed by atoms with Crippen LogP contribution >= 0.6 is 11.6 Å². The zero-order valence-electron chi connectivity index (χ0n) is 16.2. The van der Waals surface area contributed by atoms with Gasteiger partial charge in [0.2, 0.25) is 0 Å². The Morgan fingerprint density at radius 2 is 1.96 bits per heavy atom. The van der Waals surface area contributed by atoms with Crippen molar-refractivity contribution in [3.05, 3.63) is 52.8 Å². The van der Waals surface area contributed by atoms with Crippen LogP contribution in [0.3, 0.4) is 0 Å². The number of likely N-dealkylation sites (N-methyl/N-ethyl adjacent to an activating group) is 1. The van der Waals surface area contributed by atoms with Crippen molar-refractivity contribution in [3.8, 4) is 0 Å². The van der Waals surface area contributed by atoms with E-state index in [1.54, 1.807) is 0 Å². The highest BCUT2D eigenvalue weighted by atomic mass is 35.5. The minimum atomic E-state index is 0.126. The summed E-state index contributed by atoms with van der Waals surface area (Å²) in [5.41, 5.74) is 2.32. The number of guanidine groups is 1. The lowest BCUT2D eigenvalue weighted by Gasteiger charge is -2.23. The van der Waals surface area contributed by atoms with Gasteiger partial charge in [-0.2, -0.15) is 5.10 Å². The Labute approximate surface area is 161 Å². The Kier molecular flexibility index (Phi) is 7.48. The van der Waals surface area contributed by atoms with Crippen molar-refractivity contribution < 1.29 is 0 Å². The molecule has 0 radical (unpaired) electrons. The van der Waals surface area contributed by atoms with Gasteiger partial charge in [0.1, 0.15) is 0 Å². The van der Waals surface area contributed by atoms with Crippen molar-refractivity contribution in [2.45, 2.75) is 25.9 Å². The molecule has 0 saturated heterocycles. The molecule has 0 aliphatic rings. The van der Waals surface area contributed by atoms with Gasteiger partial charge in [-0.25, -0.2) is 0 Å². The largest absolute Gasteiger partial charge is 0.357 e. The van der Waals surface area contributed by atoms with E-state index in [2.05, 4.69) is 48.6 Å². The molecule has 0 aliphatic heterocycles. The van der Waals surface area contributed by atoms with Crippen molar-refractivity contribution in [3.63, 3.8) is 0 Å². The Morgan fingerprint density at radius 3 is 2.50 bits per heavy atom. The molecule has 0 fully saturated rings. The van der Waals surface area contributed by atoms with E-state index in [0.717, 1.165) is 28.7 Å². The molecule has 1 aromatic carbocycles. The zero-order valence-corrected chi connectivity index (χ0v) is 17.0. The predicted octanol–water partition coefficient (Wildman–Crippen LogP) is 2.99. The molecule has 7 heteroatoms. The van der Waals surface area contributed by atoms with E-state index in [-0.39, 0.29) is 12.1 Å². The van der Waals surface area contributed by atoms with Crippen molar-refractivity contribution >= 4 is 17.6 Å². The molecule has 1 heterocycles. The van der Waals surface area contributed by atoms with Gasteiger partial charge in [0.05, 0.1) is 24.8 Å². The smallest absolute Gasteiger partial charge is 0.191 e. The molecule has 0 saturated carbocycles. The number of nitrogens with zero attached hydrogens (tertiary/aromatic N) is 4. The minimum Gasteiger partial charge on any atom is -0.357 e. The first-order valence-electron chi connectivity index (χ1n) is 8.86. The summed E-state index contributed by atoms with van der Waals surface area (Å²) in [7, 11) is 6.05. The zero-order chi connectivity index (χ0) is 19.1. The number of hydrogen-bond donors (Lipinski definition) is 2. The standard InChI is InChI=1S/C19H29ClN6/c1-6-21-19(24-14(2)15-7-9-17(20)10-8-15)22-12-18(25(3)4)16-11-23-26(5)13-16/h7-11,13-14,18H,6,12H2,1-5H3,(H2,21,22,24).